The fourth-order valence-corrected chi connectivity index (χ4v) is 3.39. The number of aryl methyl sites for hydroxylation is 2. The molecule has 0 spiro atoms. The van der Waals surface area contributed by atoms with Crippen LogP contribution in [0, 0.1) is 13.8 Å². The molecule has 4 rings (SSSR count). The molecule has 7 heteroatoms. The molecule has 0 saturated carbocycles. The van der Waals surface area contributed by atoms with Gasteiger partial charge in [-0.05, 0) is 44.9 Å². The van der Waals surface area contributed by atoms with Crippen LogP contribution in [0.1, 0.15) is 46.5 Å². The number of likely N-dealkylation sites (tertiary alicyclic amines) is 1. The summed E-state index contributed by atoms with van der Waals surface area (Å²) in [6.45, 7) is 4.96. The number of hydrogen-bond acceptors (Lipinski definition) is 6. The molecule has 3 aromatic heterocycles. The van der Waals surface area contributed by atoms with Crippen molar-refractivity contribution in [3.05, 3.63) is 53.6 Å². The highest BCUT2D eigenvalue weighted by molar-refractivity contribution is 5.95. The Balaban J connectivity index is 1.51. The fraction of sp³-hybridized carbons (Fsp3) is 0.368. The molecule has 0 aliphatic carbocycles. The zero-order valence-electron chi connectivity index (χ0n) is 14.8. The Hall–Kier alpha value is -2.96. The van der Waals surface area contributed by atoms with Crippen LogP contribution in [0.15, 0.2) is 39.5 Å². The lowest BCUT2D eigenvalue weighted by Crippen LogP contribution is -2.39. The average molecular weight is 352 g/mol. The summed E-state index contributed by atoms with van der Waals surface area (Å²) in [4.78, 5) is 23.3. The normalized spacial score (nSPS) is 17.5. The Kier molecular flexibility index (Phi) is 4.28. The molecular weight excluding hydrogens is 332 g/mol. The minimum atomic E-state index is -0.00366. The molecule has 0 aromatic carbocycles. The van der Waals surface area contributed by atoms with Crippen LogP contribution in [0.3, 0.4) is 0 Å². The van der Waals surface area contributed by atoms with Crippen LogP contribution < -0.4 is 0 Å². The van der Waals surface area contributed by atoms with Gasteiger partial charge in [0.05, 0.1) is 11.5 Å². The Morgan fingerprint density at radius 1 is 1.35 bits per heavy atom. The average Bonchev–Trinajstić information content (AvgIpc) is 3.28. The molecule has 3 aromatic rings. The summed E-state index contributed by atoms with van der Waals surface area (Å²) in [7, 11) is 0. The standard InChI is InChI=1S/C19H20N4O3/c1-12-9-16(13(2)25-12)19(24)23-8-4-6-15(11-23)18-21-17(22-26-18)14-5-3-7-20-10-14/h3,5,7,9-10,15H,4,6,8,11H2,1-2H3/t15-/m1/s1. The third-order valence-electron chi connectivity index (χ3n) is 4.69. The summed E-state index contributed by atoms with van der Waals surface area (Å²) in [5, 5.41) is 4.06. The van der Waals surface area contributed by atoms with E-state index in [4.69, 9.17) is 8.94 Å². The molecule has 0 N–H and O–H groups in total. The minimum Gasteiger partial charge on any atom is -0.466 e. The lowest BCUT2D eigenvalue weighted by molar-refractivity contribution is 0.0694. The third kappa shape index (κ3) is 3.12. The Bertz CT molecular complexity index is 916. The predicted octanol–water partition coefficient (Wildman–Crippen LogP) is 3.36. The number of aromatic nitrogens is 3. The molecule has 1 saturated heterocycles. The van der Waals surface area contributed by atoms with Crippen LogP contribution in [0.5, 0.6) is 0 Å². The SMILES string of the molecule is Cc1cc(C(=O)N2CCC[C@@H](c3nc(-c4cccnc4)no3)C2)c(C)o1. The predicted molar refractivity (Wildman–Crippen MR) is 93.6 cm³/mol. The van der Waals surface area contributed by atoms with Crippen molar-refractivity contribution in [3.8, 4) is 11.4 Å². The molecule has 26 heavy (non-hydrogen) atoms. The monoisotopic (exact) mass is 352 g/mol. The zero-order valence-corrected chi connectivity index (χ0v) is 14.8. The van der Waals surface area contributed by atoms with E-state index in [0.29, 0.717) is 29.6 Å². The maximum absolute atomic E-state index is 12.8. The Morgan fingerprint density at radius 3 is 2.96 bits per heavy atom. The van der Waals surface area contributed by atoms with Crippen molar-refractivity contribution >= 4 is 5.91 Å². The van der Waals surface area contributed by atoms with Gasteiger partial charge in [0.25, 0.3) is 5.91 Å². The zero-order chi connectivity index (χ0) is 18.1. The second-order valence-corrected chi connectivity index (χ2v) is 6.62. The van der Waals surface area contributed by atoms with Gasteiger partial charge in [0.1, 0.15) is 11.5 Å². The lowest BCUT2D eigenvalue weighted by Gasteiger charge is -2.30. The smallest absolute Gasteiger partial charge is 0.257 e. The number of hydrogen-bond donors (Lipinski definition) is 0. The second kappa shape index (κ2) is 6.74. The van der Waals surface area contributed by atoms with E-state index in [1.54, 1.807) is 18.5 Å². The molecule has 134 valence electrons. The van der Waals surface area contributed by atoms with Crippen LogP contribution in [-0.4, -0.2) is 39.0 Å². The van der Waals surface area contributed by atoms with E-state index >= 15 is 0 Å². The molecule has 0 radical (unpaired) electrons. The molecule has 1 fully saturated rings. The summed E-state index contributed by atoms with van der Waals surface area (Å²) >= 11 is 0. The first-order valence-electron chi connectivity index (χ1n) is 8.72. The molecule has 0 unspecified atom stereocenters. The van der Waals surface area contributed by atoms with Gasteiger partial charge in [-0.25, -0.2) is 0 Å². The largest absolute Gasteiger partial charge is 0.466 e. The summed E-state index contributed by atoms with van der Waals surface area (Å²) < 4.78 is 11.0. The summed E-state index contributed by atoms with van der Waals surface area (Å²) in [5.74, 6) is 2.54. The first kappa shape index (κ1) is 16.5. The van der Waals surface area contributed by atoms with Crippen LogP contribution in [0.2, 0.25) is 0 Å². The minimum absolute atomic E-state index is 0.00366. The first-order valence-corrected chi connectivity index (χ1v) is 8.72. The van der Waals surface area contributed by atoms with E-state index in [1.807, 2.05) is 30.9 Å². The number of nitrogens with zero attached hydrogens (tertiary/aromatic N) is 4. The van der Waals surface area contributed by atoms with Gasteiger partial charge in [0.15, 0.2) is 0 Å². The number of carbonyl (C=O) groups excluding carboxylic acids is 1. The topological polar surface area (TPSA) is 85.3 Å². The van der Waals surface area contributed by atoms with Crippen molar-refractivity contribution in [2.45, 2.75) is 32.6 Å². The van der Waals surface area contributed by atoms with Crippen molar-refractivity contribution in [2.75, 3.05) is 13.1 Å². The molecule has 0 bridgehead atoms. The van der Waals surface area contributed by atoms with Gasteiger partial charge in [0.2, 0.25) is 11.7 Å². The summed E-state index contributed by atoms with van der Waals surface area (Å²) in [6.07, 6.45) is 5.22. The maximum atomic E-state index is 12.8. The number of furan rings is 1. The summed E-state index contributed by atoms with van der Waals surface area (Å²) in [5.41, 5.74) is 1.44. The number of pyridine rings is 1. The van der Waals surface area contributed by atoms with Crippen molar-refractivity contribution in [3.63, 3.8) is 0 Å². The van der Waals surface area contributed by atoms with Crippen molar-refractivity contribution < 1.29 is 13.7 Å². The van der Waals surface area contributed by atoms with Crippen LogP contribution in [0.25, 0.3) is 11.4 Å². The Morgan fingerprint density at radius 2 is 2.23 bits per heavy atom. The van der Waals surface area contributed by atoms with Gasteiger partial charge >= 0.3 is 0 Å². The summed E-state index contributed by atoms with van der Waals surface area (Å²) in [6, 6.07) is 5.53. The van der Waals surface area contributed by atoms with Gasteiger partial charge in [-0.2, -0.15) is 4.98 Å². The maximum Gasteiger partial charge on any atom is 0.257 e. The molecular formula is C19H20N4O3. The molecule has 7 nitrogen and oxygen atoms in total. The highest BCUT2D eigenvalue weighted by Gasteiger charge is 2.30. The molecule has 4 heterocycles. The molecule has 1 amide bonds. The van der Waals surface area contributed by atoms with Crippen LogP contribution >= 0.6 is 0 Å². The molecule has 1 aliphatic rings. The van der Waals surface area contributed by atoms with E-state index in [0.717, 1.165) is 30.7 Å². The van der Waals surface area contributed by atoms with Gasteiger partial charge in [-0.3, -0.25) is 9.78 Å². The first-order chi connectivity index (χ1) is 12.6. The van der Waals surface area contributed by atoms with Crippen molar-refractivity contribution in [1.82, 2.24) is 20.0 Å². The second-order valence-electron chi connectivity index (χ2n) is 6.62. The van der Waals surface area contributed by atoms with E-state index < -0.39 is 0 Å². The van der Waals surface area contributed by atoms with Gasteiger partial charge in [-0.15, -0.1) is 0 Å². The van der Waals surface area contributed by atoms with Crippen molar-refractivity contribution in [1.29, 1.82) is 0 Å². The van der Waals surface area contributed by atoms with E-state index in [-0.39, 0.29) is 11.8 Å². The van der Waals surface area contributed by atoms with Gasteiger partial charge < -0.3 is 13.8 Å². The Labute approximate surface area is 151 Å². The molecule has 1 atom stereocenters. The number of rotatable bonds is 3. The number of carbonyl (C=O) groups is 1. The van der Waals surface area contributed by atoms with E-state index in [9.17, 15) is 4.79 Å². The lowest BCUT2D eigenvalue weighted by atomic mass is 9.97. The quantitative estimate of drug-likeness (QED) is 0.718. The number of piperidine rings is 1. The fourth-order valence-electron chi connectivity index (χ4n) is 3.39. The third-order valence-corrected chi connectivity index (χ3v) is 4.69. The number of amides is 1. The van der Waals surface area contributed by atoms with Crippen LogP contribution in [0.4, 0.5) is 0 Å². The molecule has 1 aliphatic heterocycles. The van der Waals surface area contributed by atoms with Crippen LogP contribution in [-0.2, 0) is 0 Å². The van der Waals surface area contributed by atoms with Gasteiger partial charge in [-0.1, -0.05) is 5.16 Å². The van der Waals surface area contributed by atoms with E-state index in [2.05, 4.69) is 15.1 Å². The highest BCUT2D eigenvalue weighted by atomic mass is 16.5. The van der Waals surface area contributed by atoms with Gasteiger partial charge in [0, 0.05) is 31.0 Å². The highest BCUT2D eigenvalue weighted by Crippen LogP contribution is 2.29. The van der Waals surface area contributed by atoms with Crippen molar-refractivity contribution in [2.24, 2.45) is 0 Å². The van der Waals surface area contributed by atoms with E-state index in [1.165, 1.54) is 0 Å².